The van der Waals surface area contributed by atoms with E-state index in [0.29, 0.717) is 21.8 Å². The van der Waals surface area contributed by atoms with Crippen molar-refractivity contribution in [2.24, 2.45) is 0 Å². The number of carbonyl (C=O) groups excluding carboxylic acids is 2. The fourth-order valence-corrected chi connectivity index (χ4v) is 3.90. The monoisotopic (exact) mass is 490 g/mol. The van der Waals surface area contributed by atoms with Gasteiger partial charge in [-0.25, -0.2) is 4.98 Å². The maximum atomic E-state index is 12.9. The number of hydrogen-bond acceptors (Lipinski definition) is 4. The lowest BCUT2D eigenvalue weighted by molar-refractivity contribution is -0.141. The minimum absolute atomic E-state index is 0.278. The topological polar surface area (TPSA) is 84.0 Å². The lowest BCUT2D eigenvalue weighted by Crippen LogP contribution is -2.22. The lowest BCUT2D eigenvalue weighted by atomic mass is 9.93. The van der Waals surface area contributed by atoms with Gasteiger partial charge in [0.25, 0.3) is 11.8 Å². The first-order valence-electron chi connectivity index (χ1n) is 9.05. The summed E-state index contributed by atoms with van der Waals surface area (Å²) in [5.41, 5.74) is 1.17. The zero-order chi connectivity index (χ0) is 22.3. The normalized spacial score (nSPS) is 15.4. The molecule has 31 heavy (non-hydrogen) atoms. The van der Waals surface area contributed by atoms with Crippen LogP contribution in [0.25, 0.3) is 0 Å². The van der Waals surface area contributed by atoms with Crippen LogP contribution in [-0.4, -0.2) is 21.8 Å². The number of nitrogens with zero attached hydrogens (tertiary/aromatic N) is 2. The van der Waals surface area contributed by atoms with Crippen LogP contribution in [0.4, 0.5) is 18.9 Å². The Morgan fingerprint density at radius 1 is 1.19 bits per heavy atom. The molecule has 2 amide bonds. The summed E-state index contributed by atoms with van der Waals surface area (Å²) in [6.07, 6.45) is -3.23. The predicted octanol–water partition coefficient (Wildman–Crippen LogP) is 4.65. The second-order valence-electron chi connectivity index (χ2n) is 6.92. The van der Waals surface area contributed by atoms with Gasteiger partial charge in [-0.3, -0.25) is 14.6 Å². The summed E-state index contributed by atoms with van der Waals surface area (Å²) in [4.78, 5) is 32.1. The number of rotatable bonds is 3. The van der Waals surface area contributed by atoms with Crippen molar-refractivity contribution in [3.05, 3.63) is 86.9 Å². The Labute approximate surface area is 183 Å². The average Bonchev–Trinajstić information content (AvgIpc) is 3.04. The molecule has 1 aromatic heterocycles. The van der Waals surface area contributed by atoms with Crippen LogP contribution < -0.4 is 10.6 Å². The molecular formula is C21H14BrF3N4O2. The molecule has 2 heterocycles. The third-order valence-corrected chi connectivity index (χ3v) is 5.32. The minimum atomic E-state index is -4.73. The Bertz CT molecular complexity index is 1210. The molecule has 0 saturated heterocycles. The highest BCUT2D eigenvalue weighted by Crippen LogP contribution is 2.39. The quantitative estimate of drug-likeness (QED) is 0.559. The molecule has 0 aliphatic carbocycles. The van der Waals surface area contributed by atoms with E-state index in [2.05, 4.69) is 36.5 Å². The number of alkyl halides is 3. The van der Waals surface area contributed by atoms with E-state index in [1.165, 1.54) is 0 Å². The average molecular weight is 491 g/mol. The SMILES string of the molecule is Cc1ccccc1C1NC(=O)c2cc(Br)cc(NC(=O)c3cncc(C(F)(F)F)n3)c21. The van der Waals surface area contributed by atoms with Gasteiger partial charge in [-0.1, -0.05) is 40.2 Å². The van der Waals surface area contributed by atoms with Gasteiger partial charge in [-0.2, -0.15) is 13.2 Å². The van der Waals surface area contributed by atoms with Gasteiger partial charge in [0.1, 0.15) is 5.69 Å². The summed E-state index contributed by atoms with van der Waals surface area (Å²) in [7, 11) is 0. The number of nitrogens with one attached hydrogen (secondary N) is 2. The van der Waals surface area contributed by atoms with E-state index >= 15 is 0 Å². The molecule has 158 valence electrons. The van der Waals surface area contributed by atoms with Crippen LogP contribution in [0.2, 0.25) is 0 Å². The van der Waals surface area contributed by atoms with Crippen LogP contribution in [0.15, 0.2) is 53.3 Å². The number of anilines is 1. The van der Waals surface area contributed by atoms with Gasteiger partial charge in [0, 0.05) is 21.3 Å². The number of aromatic nitrogens is 2. The van der Waals surface area contributed by atoms with Crippen molar-refractivity contribution >= 4 is 33.4 Å². The van der Waals surface area contributed by atoms with Crippen molar-refractivity contribution in [1.29, 1.82) is 0 Å². The highest BCUT2D eigenvalue weighted by molar-refractivity contribution is 9.10. The largest absolute Gasteiger partial charge is 0.434 e. The highest BCUT2D eigenvalue weighted by atomic mass is 79.9. The molecule has 2 aromatic carbocycles. The van der Waals surface area contributed by atoms with Crippen molar-refractivity contribution < 1.29 is 22.8 Å². The van der Waals surface area contributed by atoms with Gasteiger partial charge >= 0.3 is 6.18 Å². The summed E-state index contributed by atoms with van der Waals surface area (Å²) >= 11 is 3.31. The van der Waals surface area contributed by atoms with E-state index in [9.17, 15) is 22.8 Å². The van der Waals surface area contributed by atoms with Crippen LogP contribution in [0.3, 0.4) is 0 Å². The van der Waals surface area contributed by atoms with Crippen LogP contribution in [0.5, 0.6) is 0 Å². The third-order valence-electron chi connectivity index (χ3n) is 4.86. The molecule has 0 saturated carbocycles. The van der Waals surface area contributed by atoms with Gasteiger partial charge in [-0.15, -0.1) is 0 Å². The van der Waals surface area contributed by atoms with E-state index in [0.717, 1.165) is 17.3 Å². The fourth-order valence-electron chi connectivity index (χ4n) is 3.44. The molecule has 0 bridgehead atoms. The number of amides is 2. The molecule has 6 nitrogen and oxygen atoms in total. The lowest BCUT2D eigenvalue weighted by Gasteiger charge is -2.18. The molecule has 10 heteroatoms. The molecule has 0 spiro atoms. The molecule has 0 radical (unpaired) electrons. The summed E-state index contributed by atoms with van der Waals surface area (Å²) in [5.74, 6) is -1.19. The number of carbonyl (C=O) groups is 2. The van der Waals surface area contributed by atoms with E-state index in [1.807, 2.05) is 31.2 Å². The maximum Gasteiger partial charge on any atom is 0.434 e. The van der Waals surface area contributed by atoms with E-state index in [-0.39, 0.29) is 11.6 Å². The Hall–Kier alpha value is -3.27. The standard InChI is InChI=1S/C21H14BrF3N4O2/c1-10-4-2-3-5-12(10)18-17-13(19(30)29-18)6-11(22)7-14(17)28-20(31)15-8-26-9-16(27-15)21(23,24)25/h2-9,18H,1H3,(H,28,31)(H,29,30). The van der Waals surface area contributed by atoms with Crippen LogP contribution in [0, 0.1) is 6.92 Å². The first-order valence-corrected chi connectivity index (χ1v) is 9.85. The smallest absolute Gasteiger partial charge is 0.341 e. The van der Waals surface area contributed by atoms with Crippen LogP contribution in [-0.2, 0) is 6.18 Å². The molecule has 3 aromatic rings. The maximum absolute atomic E-state index is 12.9. The molecular weight excluding hydrogens is 477 g/mol. The van der Waals surface area contributed by atoms with E-state index in [4.69, 9.17) is 0 Å². The molecule has 1 aliphatic heterocycles. The van der Waals surface area contributed by atoms with E-state index in [1.54, 1.807) is 12.1 Å². The zero-order valence-corrected chi connectivity index (χ0v) is 17.5. The minimum Gasteiger partial charge on any atom is -0.341 e. The molecule has 1 unspecified atom stereocenters. The highest BCUT2D eigenvalue weighted by Gasteiger charge is 2.35. The number of fused-ring (bicyclic) bond motifs is 1. The first-order chi connectivity index (χ1) is 14.6. The van der Waals surface area contributed by atoms with Gasteiger partial charge in [-0.05, 0) is 30.2 Å². The molecule has 2 N–H and O–H groups in total. The van der Waals surface area contributed by atoms with Crippen LogP contribution >= 0.6 is 15.9 Å². The van der Waals surface area contributed by atoms with Crippen molar-refractivity contribution in [2.45, 2.75) is 19.1 Å². The summed E-state index contributed by atoms with van der Waals surface area (Å²) < 4.78 is 39.3. The second-order valence-corrected chi connectivity index (χ2v) is 7.83. The summed E-state index contributed by atoms with van der Waals surface area (Å²) in [5, 5.41) is 5.49. The van der Waals surface area contributed by atoms with Crippen molar-refractivity contribution in [1.82, 2.24) is 15.3 Å². The van der Waals surface area contributed by atoms with E-state index < -0.39 is 29.5 Å². The van der Waals surface area contributed by atoms with Crippen LogP contribution in [0.1, 0.15) is 49.3 Å². The van der Waals surface area contributed by atoms with Crippen molar-refractivity contribution in [3.63, 3.8) is 0 Å². The third kappa shape index (κ3) is 4.02. The van der Waals surface area contributed by atoms with Crippen molar-refractivity contribution in [2.75, 3.05) is 5.32 Å². The molecule has 1 atom stereocenters. The Kier molecular flexibility index (Phi) is 5.26. The fraction of sp³-hybridized carbons (Fsp3) is 0.143. The summed E-state index contributed by atoms with van der Waals surface area (Å²) in [6.45, 7) is 1.90. The number of aryl methyl sites for hydroxylation is 1. The summed E-state index contributed by atoms with van der Waals surface area (Å²) in [6, 6.07) is 10.1. The molecule has 4 rings (SSSR count). The molecule has 0 fully saturated rings. The number of hydrogen-bond donors (Lipinski definition) is 2. The van der Waals surface area contributed by atoms with Gasteiger partial charge in [0.2, 0.25) is 0 Å². The van der Waals surface area contributed by atoms with Gasteiger partial charge in [0.05, 0.1) is 18.4 Å². The zero-order valence-electron chi connectivity index (χ0n) is 15.9. The number of halogens is 4. The first kappa shape index (κ1) is 21.0. The predicted molar refractivity (Wildman–Crippen MR) is 110 cm³/mol. The van der Waals surface area contributed by atoms with Crippen molar-refractivity contribution in [3.8, 4) is 0 Å². The Balaban J connectivity index is 1.76. The number of benzene rings is 2. The van der Waals surface area contributed by atoms with Gasteiger partial charge < -0.3 is 10.6 Å². The van der Waals surface area contributed by atoms with Gasteiger partial charge in [0.15, 0.2) is 5.69 Å². The second kappa shape index (κ2) is 7.77. The Morgan fingerprint density at radius 3 is 2.65 bits per heavy atom. The Morgan fingerprint density at radius 2 is 1.94 bits per heavy atom. The molecule has 1 aliphatic rings.